The zero-order valence-electron chi connectivity index (χ0n) is 11.5. The molecule has 0 N–H and O–H groups in total. The predicted octanol–water partition coefficient (Wildman–Crippen LogP) is 5.32. The van der Waals surface area contributed by atoms with E-state index in [1.54, 1.807) is 19.2 Å². The Kier molecular flexibility index (Phi) is 3.80. The minimum Gasteiger partial charge on any atom is -0.496 e. The third-order valence-corrected chi connectivity index (χ3v) is 4.06. The van der Waals surface area contributed by atoms with Crippen LogP contribution in [0.4, 0.5) is 4.39 Å². The van der Waals surface area contributed by atoms with Crippen molar-refractivity contribution >= 4 is 22.4 Å². The molecule has 1 unspecified atom stereocenters. The van der Waals surface area contributed by atoms with E-state index < -0.39 is 0 Å². The van der Waals surface area contributed by atoms with Crippen LogP contribution in [-0.2, 0) is 0 Å². The van der Waals surface area contributed by atoms with Gasteiger partial charge in [-0.2, -0.15) is 0 Å². The van der Waals surface area contributed by atoms with Gasteiger partial charge in [-0.15, -0.1) is 11.6 Å². The van der Waals surface area contributed by atoms with Gasteiger partial charge in [0.15, 0.2) is 0 Å². The average molecular weight is 301 g/mol. The second kappa shape index (κ2) is 5.74. The van der Waals surface area contributed by atoms with Gasteiger partial charge in [0.05, 0.1) is 12.5 Å². The molecule has 3 aromatic rings. The normalized spacial score (nSPS) is 12.3. The predicted molar refractivity (Wildman–Crippen MR) is 84.6 cm³/mol. The van der Waals surface area contributed by atoms with Gasteiger partial charge in [0, 0.05) is 5.39 Å². The Morgan fingerprint density at radius 1 is 0.905 bits per heavy atom. The van der Waals surface area contributed by atoms with Gasteiger partial charge >= 0.3 is 0 Å². The summed E-state index contributed by atoms with van der Waals surface area (Å²) in [5.74, 6) is 0.555. The van der Waals surface area contributed by atoms with E-state index in [1.807, 2.05) is 36.4 Å². The number of hydrogen-bond acceptors (Lipinski definition) is 1. The summed E-state index contributed by atoms with van der Waals surface area (Å²) in [6.07, 6.45) is 0. The van der Waals surface area contributed by atoms with Crippen molar-refractivity contribution in [2.75, 3.05) is 7.11 Å². The van der Waals surface area contributed by atoms with Crippen molar-refractivity contribution in [1.82, 2.24) is 0 Å². The second-order valence-electron chi connectivity index (χ2n) is 4.82. The molecule has 0 spiro atoms. The number of rotatable bonds is 3. The molecule has 0 aliphatic carbocycles. The van der Waals surface area contributed by atoms with Crippen LogP contribution in [0.25, 0.3) is 10.8 Å². The standard InChI is InChI=1S/C18H14ClFO/c1-21-17-11-10-16(14-4-2-3-5-15(14)17)18(19)12-6-8-13(20)9-7-12/h2-11,18H,1H3. The van der Waals surface area contributed by atoms with Crippen molar-refractivity contribution in [2.24, 2.45) is 0 Å². The van der Waals surface area contributed by atoms with Gasteiger partial charge in [0.25, 0.3) is 0 Å². The smallest absolute Gasteiger partial charge is 0.126 e. The number of benzene rings is 3. The molecule has 1 nitrogen and oxygen atoms in total. The second-order valence-corrected chi connectivity index (χ2v) is 5.25. The molecule has 3 heteroatoms. The Morgan fingerprint density at radius 3 is 2.24 bits per heavy atom. The maximum Gasteiger partial charge on any atom is 0.126 e. The number of alkyl halides is 1. The fraction of sp³-hybridized carbons (Fsp3) is 0.111. The summed E-state index contributed by atoms with van der Waals surface area (Å²) < 4.78 is 18.4. The SMILES string of the molecule is COc1ccc(C(Cl)c2ccc(F)cc2)c2ccccc12. The highest BCUT2D eigenvalue weighted by Crippen LogP contribution is 2.37. The van der Waals surface area contributed by atoms with Crippen molar-refractivity contribution in [3.05, 3.63) is 77.6 Å². The van der Waals surface area contributed by atoms with Crippen molar-refractivity contribution in [1.29, 1.82) is 0 Å². The van der Waals surface area contributed by atoms with E-state index in [9.17, 15) is 4.39 Å². The summed E-state index contributed by atoms with van der Waals surface area (Å²) in [5.41, 5.74) is 1.85. The minimum absolute atomic E-state index is 0.262. The van der Waals surface area contributed by atoms with Gasteiger partial charge < -0.3 is 4.74 Å². The van der Waals surface area contributed by atoms with E-state index in [-0.39, 0.29) is 11.2 Å². The van der Waals surface area contributed by atoms with Crippen LogP contribution in [-0.4, -0.2) is 7.11 Å². The first kappa shape index (κ1) is 13.9. The van der Waals surface area contributed by atoms with Crippen molar-refractivity contribution in [3.8, 4) is 5.75 Å². The fourth-order valence-electron chi connectivity index (χ4n) is 2.51. The van der Waals surface area contributed by atoms with Gasteiger partial charge in [0.2, 0.25) is 0 Å². The van der Waals surface area contributed by atoms with Gasteiger partial charge in [-0.25, -0.2) is 4.39 Å². The maximum atomic E-state index is 13.0. The number of ether oxygens (including phenoxy) is 1. The summed E-state index contributed by atoms with van der Waals surface area (Å²) >= 11 is 6.60. The van der Waals surface area contributed by atoms with Crippen LogP contribution < -0.4 is 4.74 Å². The maximum absolute atomic E-state index is 13.0. The van der Waals surface area contributed by atoms with Gasteiger partial charge in [-0.05, 0) is 34.7 Å². The molecule has 0 saturated carbocycles. The van der Waals surface area contributed by atoms with E-state index in [0.29, 0.717) is 0 Å². The van der Waals surface area contributed by atoms with Crippen molar-refractivity contribution in [3.63, 3.8) is 0 Å². The van der Waals surface area contributed by atoms with Crippen LogP contribution in [0.5, 0.6) is 5.75 Å². The summed E-state index contributed by atoms with van der Waals surface area (Å²) in [6, 6.07) is 18.1. The fourth-order valence-corrected chi connectivity index (χ4v) is 2.84. The number of halogens is 2. The molecular weight excluding hydrogens is 287 g/mol. The molecule has 0 aliphatic heterocycles. The average Bonchev–Trinajstić information content (AvgIpc) is 2.54. The van der Waals surface area contributed by atoms with Gasteiger partial charge in [-0.3, -0.25) is 0 Å². The molecule has 21 heavy (non-hydrogen) atoms. The molecular formula is C18H14ClFO. The highest BCUT2D eigenvalue weighted by Gasteiger charge is 2.15. The van der Waals surface area contributed by atoms with E-state index in [2.05, 4.69) is 0 Å². The van der Waals surface area contributed by atoms with Gasteiger partial charge in [0.1, 0.15) is 11.6 Å². The molecule has 0 aliphatic rings. The summed E-state index contributed by atoms with van der Waals surface area (Å²) in [5, 5.41) is 1.73. The molecule has 3 aromatic carbocycles. The molecule has 0 aromatic heterocycles. The van der Waals surface area contributed by atoms with Crippen LogP contribution in [0.1, 0.15) is 16.5 Å². The number of methoxy groups -OCH3 is 1. The first-order chi connectivity index (χ1) is 10.2. The summed E-state index contributed by atoms with van der Waals surface area (Å²) in [4.78, 5) is 0. The Balaban J connectivity index is 2.14. The van der Waals surface area contributed by atoms with Crippen LogP contribution in [0.2, 0.25) is 0 Å². The molecule has 1 atom stereocenters. The van der Waals surface area contributed by atoms with Crippen molar-refractivity contribution in [2.45, 2.75) is 5.38 Å². The van der Waals surface area contributed by atoms with E-state index in [1.165, 1.54) is 12.1 Å². The number of fused-ring (bicyclic) bond motifs is 1. The van der Waals surface area contributed by atoms with Crippen LogP contribution in [0.3, 0.4) is 0 Å². The Bertz CT molecular complexity index is 768. The molecule has 0 fully saturated rings. The molecule has 3 rings (SSSR count). The lowest BCUT2D eigenvalue weighted by Crippen LogP contribution is -1.96. The van der Waals surface area contributed by atoms with E-state index in [4.69, 9.17) is 16.3 Å². The van der Waals surface area contributed by atoms with Gasteiger partial charge in [-0.1, -0.05) is 42.5 Å². The monoisotopic (exact) mass is 300 g/mol. The molecule has 0 bridgehead atoms. The highest BCUT2D eigenvalue weighted by molar-refractivity contribution is 6.23. The highest BCUT2D eigenvalue weighted by atomic mass is 35.5. The van der Waals surface area contributed by atoms with Crippen LogP contribution >= 0.6 is 11.6 Å². The van der Waals surface area contributed by atoms with E-state index >= 15 is 0 Å². The zero-order chi connectivity index (χ0) is 14.8. The first-order valence-electron chi connectivity index (χ1n) is 6.66. The Morgan fingerprint density at radius 2 is 1.57 bits per heavy atom. The summed E-state index contributed by atoms with van der Waals surface area (Å²) in [6.45, 7) is 0. The summed E-state index contributed by atoms with van der Waals surface area (Å²) in [7, 11) is 1.65. The Labute approximate surface area is 127 Å². The molecule has 0 amide bonds. The lowest BCUT2D eigenvalue weighted by molar-refractivity contribution is 0.419. The van der Waals surface area contributed by atoms with E-state index in [0.717, 1.165) is 27.6 Å². The number of hydrogen-bond donors (Lipinski definition) is 0. The molecule has 106 valence electrons. The lowest BCUT2D eigenvalue weighted by atomic mass is 9.97. The molecule has 0 radical (unpaired) electrons. The zero-order valence-corrected chi connectivity index (χ0v) is 12.3. The molecule has 0 saturated heterocycles. The van der Waals surface area contributed by atoms with Crippen LogP contribution in [0.15, 0.2) is 60.7 Å². The van der Waals surface area contributed by atoms with Crippen molar-refractivity contribution < 1.29 is 9.13 Å². The van der Waals surface area contributed by atoms with Crippen LogP contribution in [0, 0.1) is 5.82 Å². The topological polar surface area (TPSA) is 9.23 Å². The first-order valence-corrected chi connectivity index (χ1v) is 7.09. The molecule has 0 heterocycles. The Hall–Kier alpha value is -2.06. The quantitative estimate of drug-likeness (QED) is 0.595. The lowest BCUT2D eigenvalue weighted by Gasteiger charge is -2.15. The minimum atomic E-state index is -0.332. The third-order valence-electron chi connectivity index (χ3n) is 3.57. The largest absolute Gasteiger partial charge is 0.496 e. The third kappa shape index (κ3) is 2.59.